The Kier molecular flexibility index (Phi) is 8.30. The molecule has 0 spiro atoms. The number of nitrogens with zero attached hydrogens (tertiary/aromatic N) is 1. The lowest BCUT2D eigenvalue weighted by Crippen LogP contribution is -2.40. The highest BCUT2D eigenvalue weighted by molar-refractivity contribution is 7.89. The number of amides is 3. The maximum atomic E-state index is 12.8. The molecule has 0 bridgehead atoms. The standard InChI is InChI=1S/C18H27ClN4O6S/c1-18(2,3)29-17(25)21-7-6-20-16(24)22-15-12-13(4-5-14(15)19)30(26,27)23-8-10-28-11-9-23/h4-5,12H,6-11H2,1-3H3,(H,21,25)(H2,20,22,24). The Morgan fingerprint density at radius 3 is 2.43 bits per heavy atom. The van der Waals surface area contributed by atoms with Gasteiger partial charge in [-0.25, -0.2) is 18.0 Å². The van der Waals surface area contributed by atoms with E-state index in [0.29, 0.717) is 13.2 Å². The van der Waals surface area contributed by atoms with Crippen molar-refractivity contribution >= 4 is 39.4 Å². The highest BCUT2D eigenvalue weighted by atomic mass is 35.5. The van der Waals surface area contributed by atoms with Gasteiger partial charge in [0.25, 0.3) is 0 Å². The molecule has 3 N–H and O–H groups in total. The molecule has 0 unspecified atom stereocenters. The van der Waals surface area contributed by atoms with Gasteiger partial charge in [0.1, 0.15) is 5.60 Å². The Balaban J connectivity index is 1.91. The molecule has 10 nitrogen and oxygen atoms in total. The number of morpholine rings is 1. The van der Waals surface area contributed by atoms with Gasteiger partial charge in [0.2, 0.25) is 10.0 Å². The van der Waals surface area contributed by atoms with Gasteiger partial charge in [-0.15, -0.1) is 0 Å². The van der Waals surface area contributed by atoms with Crippen LogP contribution in [0, 0.1) is 0 Å². The van der Waals surface area contributed by atoms with E-state index in [-0.39, 0.29) is 41.8 Å². The first-order valence-electron chi connectivity index (χ1n) is 9.38. The fourth-order valence-corrected chi connectivity index (χ4v) is 4.12. The van der Waals surface area contributed by atoms with Crippen LogP contribution < -0.4 is 16.0 Å². The lowest BCUT2D eigenvalue weighted by molar-refractivity contribution is 0.0528. The normalized spacial score (nSPS) is 15.3. The zero-order valence-electron chi connectivity index (χ0n) is 17.2. The number of anilines is 1. The molecule has 1 aliphatic rings. The number of sulfonamides is 1. The third kappa shape index (κ3) is 7.31. The molecule has 1 aromatic rings. The second-order valence-electron chi connectivity index (χ2n) is 7.47. The molecule has 0 saturated carbocycles. The summed E-state index contributed by atoms with van der Waals surface area (Å²) in [6, 6.07) is 3.52. The Morgan fingerprint density at radius 1 is 1.17 bits per heavy atom. The smallest absolute Gasteiger partial charge is 0.407 e. The second kappa shape index (κ2) is 10.3. The van der Waals surface area contributed by atoms with E-state index < -0.39 is 27.7 Å². The average molecular weight is 463 g/mol. The minimum Gasteiger partial charge on any atom is -0.444 e. The third-order valence-electron chi connectivity index (χ3n) is 3.87. The van der Waals surface area contributed by atoms with Crippen molar-refractivity contribution in [2.45, 2.75) is 31.3 Å². The first-order valence-corrected chi connectivity index (χ1v) is 11.2. The van der Waals surface area contributed by atoms with Crippen LogP contribution in [0.1, 0.15) is 20.8 Å². The predicted molar refractivity (Wildman–Crippen MR) is 112 cm³/mol. The Hall–Kier alpha value is -2.08. The van der Waals surface area contributed by atoms with Crippen LogP contribution in [-0.2, 0) is 19.5 Å². The summed E-state index contributed by atoms with van der Waals surface area (Å²) < 4.78 is 37.1. The molecule has 0 radical (unpaired) electrons. The number of carbonyl (C=O) groups excluding carboxylic acids is 2. The summed E-state index contributed by atoms with van der Waals surface area (Å²) in [5, 5.41) is 7.76. The van der Waals surface area contributed by atoms with Crippen molar-refractivity contribution < 1.29 is 27.5 Å². The van der Waals surface area contributed by atoms with Crippen LogP contribution in [0.15, 0.2) is 23.1 Å². The Morgan fingerprint density at radius 2 is 1.80 bits per heavy atom. The zero-order chi connectivity index (χ0) is 22.4. The number of rotatable bonds is 6. The fourth-order valence-electron chi connectivity index (χ4n) is 2.52. The second-order valence-corrected chi connectivity index (χ2v) is 9.81. The van der Waals surface area contributed by atoms with Crippen molar-refractivity contribution in [2.24, 2.45) is 0 Å². The van der Waals surface area contributed by atoms with Gasteiger partial charge in [-0.05, 0) is 39.0 Å². The quantitative estimate of drug-likeness (QED) is 0.555. The van der Waals surface area contributed by atoms with Crippen LogP contribution in [0.3, 0.4) is 0 Å². The lowest BCUT2D eigenvalue weighted by Gasteiger charge is -2.26. The van der Waals surface area contributed by atoms with E-state index in [4.69, 9.17) is 21.1 Å². The number of nitrogens with one attached hydrogen (secondary N) is 3. The molecule has 1 aliphatic heterocycles. The molecule has 2 rings (SSSR count). The number of hydrogen-bond acceptors (Lipinski definition) is 6. The van der Waals surface area contributed by atoms with Gasteiger partial charge in [-0.3, -0.25) is 0 Å². The highest BCUT2D eigenvalue weighted by Gasteiger charge is 2.27. The van der Waals surface area contributed by atoms with Gasteiger partial charge in [0, 0.05) is 26.2 Å². The minimum atomic E-state index is -3.72. The Labute approximate surface area is 181 Å². The number of benzene rings is 1. The third-order valence-corrected chi connectivity index (χ3v) is 6.10. The van der Waals surface area contributed by atoms with E-state index in [2.05, 4.69) is 16.0 Å². The van der Waals surface area contributed by atoms with Crippen LogP contribution in [0.25, 0.3) is 0 Å². The summed E-state index contributed by atoms with van der Waals surface area (Å²) in [4.78, 5) is 23.7. The largest absolute Gasteiger partial charge is 0.444 e. The number of hydrogen-bond donors (Lipinski definition) is 3. The first-order chi connectivity index (χ1) is 14.0. The number of halogens is 1. The molecule has 1 aromatic carbocycles. The molecule has 168 valence electrons. The molecule has 0 aromatic heterocycles. The molecule has 1 fully saturated rings. The highest BCUT2D eigenvalue weighted by Crippen LogP contribution is 2.27. The summed E-state index contributed by atoms with van der Waals surface area (Å²) in [7, 11) is -3.72. The molecule has 0 aliphatic carbocycles. The van der Waals surface area contributed by atoms with Crippen LogP contribution in [0.2, 0.25) is 5.02 Å². The molecule has 0 atom stereocenters. The van der Waals surface area contributed by atoms with E-state index in [1.54, 1.807) is 20.8 Å². The maximum Gasteiger partial charge on any atom is 0.407 e. The van der Waals surface area contributed by atoms with Crippen LogP contribution in [0.4, 0.5) is 15.3 Å². The lowest BCUT2D eigenvalue weighted by atomic mass is 10.2. The molecule has 12 heteroatoms. The predicted octanol–water partition coefficient (Wildman–Crippen LogP) is 2.01. The van der Waals surface area contributed by atoms with Crippen LogP contribution in [0.5, 0.6) is 0 Å². The van der Waals surface area contributed by atoms with Crippen molar-refractivity contribution in [1.82, 2.24) is 14.9 Å². The van der Waals surface area contributed by atoms with Crippen molar-refractivity contribution in [3.8, 4) is 0 Å². The van der Waals surface area contributed by atoms with Crippen LogP contribution >= 0.6 is 11.6 Å². The maximum absolute atomic E-state index is 12.8. The van der Waals surface area contributed by atoms with Crippen molar-refractivity contribution in [2.75, 3.05) is 44.7 Å². The molecule has 1 saturated heterocycles. The van der Waals surface area contributed by atoms with E-state index in [0.717, 1.165) is 0 Å². The summed E-state index contributed by atoms with van der Waals surface area (Å²) in [5.74, 6) is 0. The summed E-state index contributed by atoms with van der Waals surface area (Å²) >= 11 is 6.10. The number of alkyl carbamates (subject to hydrolysis) is 1. The van der Waals surface area contributed by atoms with E-state index in [1.165, 1.54) is 22.5 Å². The topological polar surface area (TPSA) is 126 Å². The molecular formula is C18H27ClN4O6S. The average Bonchev–Trinajstić information content (AvgIpc) is 2.66. The molecule has 30 heavy (non-hydrogen) atoms. The molecule has 1 heterocycles. The van der Waals surface area contributed by atoms with Gasteiger partial charge < -0.3 is 25.4 Å². The van der Waals surface area contributed by atoms with Crippen molar-refractivity contribution in [3.63, 3.8) is 0 Å². The fraction of sp³-hybridized carbons (Fsp3) is 0.556. The van der Waals surface area contributed by atoms with Gasteiger partial charge in [0.15, 0.2) is 0 Å². The minimum absolute atomic E-state index is 0.0238. The van der Waals surface area contributed by atoms with Gasteiger partial charge in [-0.2, -0.15) is 4.31 Å². The van der Waals surface area contributed by atoms with Crippen molar-refractivity contribution in [1.29, 1.82) is 0 Å². The zero-order valence-corrected chi connectivity index (χ0v) is 18.7. The van der Waals surface area contributed by atoms with Crippen LogP contribution in [-0.4, -0.2) is 69.8 Å². The Bertz CT molecular complexity index is 866. The SMILES string of the molecule is CC(C)(C)OC(=O)NCCNC(=O)Nc1cc(S(=O)(=O)N2CCOCC2)ccc1Cl. The van der Waals surface area contributed by atoms with Gasteiger partial charge >= 0.3 is 12.1 Å². The van der Waals surface area contributed by atoms with Crippen molar-refractivity contribution in [3.05, 3.63) is 23.2 Å². The van der Waals surface area contributed by atoms with Gasteiger partial charge in [-0.1, -0.05) is 11.6 Å². The molecule has 3 amide bonds. The monoisotopic (exact) mass is 462 g/mol. The summed E-state index contributed by atoms with van der Waals surface area (Å²) in [6.45, 7) is 6.71. The number of urea groups is 1. The number of ether oxygens (including phenoxy) is 2. The van der Waals surface area contributed by atoms with E-state index in [1.807, 2.05) is 0 Å². The summed E-state index contributed by atoms with van der Waals surface area (Å²) in [5.41, 5.74) is -0.457. The summed E-state index contributed by atoms with van der Waals surface area (Å²) in [6.07, 6.45) is -0.589. The number of carbonyl (C=O) groups is 2. The van der Waals surface area contributed by atoms with E-state index in [9.17, 15) is 18.0 Å². The van der Waals surface area contributed by atoms with E-state index >= 15 is 0 Å². The molecular weight excluding hydrogens is 436 g/mol. The van der Waals surface area contributed by atoms with Gasteiger partial charge in [0.05, 0.1) is 28.8 Å². The first kappa shape index (κ1) is 24.2.